The minimum atomic E-state index is -0.522. The number of carbonyl (C=O) groups is 1. The molecule has 2 aliphatic rings. The van der Waals surface area contributed by atoms with Gasteiger partial charge in [0.1, 0.15) is 5.75 Å². The smallest absolute Gasteiger partial charge is 0.223 e. The van der Waals surface area contributed by atoms with Gasteiger partial charge in [-0.2, -0.15) is 0 Å². The normalized spacial score (nSPS) is 18.1. The summed E-state index contributed by atoms with van der Waals surface area (Å²) in [7, 11) is 1.69. The molecule has 30 heavy (non-hydrogen) atoms. The number of aliphatic hydroxyl groups excluding tert-OH is 1. The Kier molecular flexibility index (Phi) is 6.25. The maximum absolute atomic E-state index is 11.9. The first-order valence-corrected chi connectivity index (χ1v) is 10.8. The molecule has 6 nitrogen and oxygen atoms in total. The molecular formula is C24H31N3O3. The number of aryl methyl sites for hydroxylation is 1. The SMILES string of the molecule is COc1cccc(N2CCN(C[C@@H](O)c3ccc4c(c3)CCCN4C(C)=O)CC2)c1. The van der Waals surface area contributed by atoms with Crippen molar-refractivity contribution in [2.75, 3.05) is 56.2 Å². The fourth-order valence-electron chi connectivity index (χ4n) is 4.50. The van der Waals surface area contributed by atoms with Crippen LogP contribution in [0.15, 0.2) is 42.5 Å². The average Bonchev–Trinajstić information content (AvgIpc) is 2.78. The van der Waals surface area contributed by atoms with Crippen molar-refractivity contribution >= 4 is 17.3 Å². The lowest BCUT2D eigenvalue weighted by Gasteiger charge is -2.37. The van der Waals surface area contributed by atoms with Crippen LogP contribution in [0.1, 0.15) is 30.6 Å². The van der Waals surface area contributed by atoms with Crippen LogP contribution in [0, 0.1) is 0 Å². The number of hydrogen-bond acceptors (Lipinski definition) is 5. The fourth-order valence-corrected chi connectivity index (χ4v) is 4.50. The molecule has 2 aliphatic heterocycles. The van der Waals surface area contributed by atoms with Gasteiger partial charge in [-0.3, -0.25) is 9.69 Å². The maximum Gasteiger partial charge on any atom is 0.223 e. The van der Waals surface area contributed by atoms with Crippen molar-refractivity contribution < 1.29 is 14.6 Å². The van der Waals surface area contributed by atoms with Crippen molar-refractivity contribution in [2.24, 2.45) is 0 Å². The van der Waals surface area contributed by atoms with Crippen LogP contribution in [-0.4, -0.2) is 62.3 Å². The number of fused-ring (bicyclic) bond motifs is 1. The van der Waals surface area contributed by atoms with Gasteiger partial charge >= 0.3 is 0 Å². The lowest BCUT2D eigenvalue weighted by atomic mass is 9.97. The molecule has 0 aliphatic carbocycles. The fraction of sp³-hybridized carbons (Fsp3) is 0.458. The predicted molar refractivity (Wildman–Crippen MR) is 119 cm³/mol. The van der Waals surface area contributed by atoms with Gasteiger partial charge < -0.3 is 19.6 Å². The quantitative estimate of drug-likeness (QED) is 0.823. The molecule has 0 aromatic heterocycles. The van der Waals surface area contributed by atoms with E-state index in [0.717, 1.165) is 68.1 Å². The first-order valence-electron chi connectivity index (χ1n) is 10.8. The van der Waals surface area contributed by atoms with Crippen molar-refractivity contribution in [3.05, 3.63) is 53.6 Å². The van der Waals surface area contributed by atoms with Gasteiger partial charge in [0, 0.05) is 63.6 Å². The highest BCUT2D eigenvalue weighted by molar-refractivity contribution is 5.92. The summed E-state index contributed by atoms with van der Waals surface area (Å²) in [6, 6.07) is 14.2. The number of piperazine rings is 1. The third-order valence-electron chi connectivity index (χ3n) is 6.21. The zero-order chi connectivity index (χ0) is 21.1. The summed E-state index contributed by atoms with van der Waals surface area (Å²) >= 11 is 0. The molecule has 2 heterocycles. The zero-order valence-electron chi connectivity index (χ0n) is 17.9. The molecular weight excluding hydrogens is 378 g/mol. The van der Waals surface area contributed by atoms with Gasteiger partial charge in [0.25, 0.3) is 0 Å². The zero-order valence-corrected chi connectivity index (χ0v) is 17.9. The van der Waals surface area contributed by atoms with Crippen molar-refractivity contribution in [2.45, 2.75) is 25.9 Å². The van der Waals surface area contributed by atoms with Crippen LogP contribution in [-0.2, 0) is 11.2 Å². The molecule has 0 radical (unpaired) electrons. The number of methoxy groups -OCH3 is 1. The highest BCUT2D eigenvalue weighted by Gasteiger charge is 2.23. The van der Waals surface area contributed by atoms with Crippen molar-refractivity contribution in [1.82, 2.24) is 4.90 Å². The number of rotatable bonds is 5. The standard InChI is InChI=1S/C24H31N3O3/c1-18(28)27-10-4-5-19-15-20(8-9-23(19)27)24(29)17-25-11-13-26(14-12-25)21-6-3-7-22(16-21)30-2/h3,6-9,15-16,24,29H,4-5,10-14,17H2,1-2H3/t24-/m1/s1. The van der Waals surface area contributed by atoms with E-state index in [1.165, 1.54) is 5.69 Å². The van der Waals surface area contributed by atoms with Gasteiger partial charge in [-0.1, -0.05) is 18.2 Å². The molecule has 1 atom stereocenters. The second-order valence-electron chi connectivity index (χ2n) is 8.17. The predicted octanol–water partition coefficient (Wildman–Crippen LogP) is 2.85. The Morgan fingerprint density at radius 2 is 1.90 bits per heavy atom. The number of carbonyl (C=O) groups excluding carboxylic acids is 1. The summed E-state index contributed by atoms with van der Waals surface area (Å²) in [6.07, 6.45) is 1.41. The number of aliphatic hydroxyl groups is 1. The van der Waals surface area contributed by atoms with E-state index in [9.17, 15) is 9.90 Å². The topological polar surface area (TPSA) is 56.2 Å². The second-order valence-corrected chi connectivity index (χ2v) is 8.17. The summed E-state index contributed by atoms with van der Waals surface area (Å²) in [4.78, 5) is 18.4. The number of benzene rings is 2. The number of nitrogens with zero attached hydrogens (tertiary/aromatic N) is 3. The summed E-state index contributed by atoms with van der Waals surface area (Å²) < 4.78 is 5.34. The molecule has 1 N–H and O–H groups in total. The highest BCUT2D eigenvalue weighted by Crippen LogP contribution is 2.30. The van der Waals surface area contributed by atoms with E-state index in [1.54, 1.807) is 14.0 Å². The number of ether oxygens (including phenoxy) is 1. The van der Waals surface area contributed by atoms with E-state index in [1.807, 2.05) is 29.2 Å². The minimum absolute atomic E-state index is 0.0816. The largest absolute Gasteiger partial charge is 0.497 e. The Morgan fingerprint density at radius 3 is 2.63 bits per heavy atom. The third kappa shape index (κ3) is 4.45. The Balaban J connectivity index is 1.36. The molecule has 1 fully saturated rings. The summed E-state index contributed by atoms with van der Waals surface area (Å²) in [5.74, 6) is 0.958. The third-order valence-corrected chi connectivity index (χ3v) is 6.21. The van der Waals surface area contributed by atoms with Gasteiger partial charge in [-0.05, 0) is 42.2 Å². The van der Waals surface area contributed by atoms with Gasteiger partial charge in [0.2, 0.25) is 5.91 Å². The first kappa shape index (κ1) is 20.7. The molecule has 0 unspecified atom stereocenters. The lowest BCUT2D eigenvalue weighted by molar-refractivity contribution is -0.116. The van der Waals surface area contributed by atoms with Gasteiger partial charge in [-0.25, -0.2) is 0 Å². The van der Waals surface area contributed by atoms with E-state index in [4.69, 9.17) is 4.74 Å². The molecule has 0 saturated carbocycles. The van der Waals surface area contributed by atoms with Crippen LogP contribution < -0.4 is 14.5 Å². The number of β-amino-alcohol motifs (C(OH)–C–C–N with tert-alkyl or cyclic N) is 1. The van der Waals surface area contributed by atoms with Crippen LogP contribution in [0.5, 0.6) is 5.75 Å². The van der Waals surface area contributed by atoms with E-state index >= 15 is 0 Å². The van der Waals surface area contributed by atoms with Crippen molar-refractivity contribution in [3.8, 4) is 5.75 Å². The minimum Gasteiger partial charge on any atom is -0.497 e. The van der Waals surface area contributed by atoms with Crippen LogP contribution in [0.4, 0.5) is 11.4 Å². The number of hydrogen-bond donors (Lipinski definition) is 1. The van der Waals surface area contributed by atoms with Crippen molar-refractivity contribution in [1.29, 1.82) is 0 Å². The Bertz CT molecular complexity index is 893. The van der Waals surface area contributed by atoms with Crippen molar-refractivity contribution in [3.63, 3.8) is 0 Å². The van der Waals surface area contributed by atoms with Gasteiger partial charge in [0.05, 0.1) is 13.2 Å². The van der Waals surface area contributed by atoms with Crippen LogP contribution in [0.25, 0.3) is 0 Å². The molecule has 160 valence electrons. The second kappa shape index (κ2) is 9.06. The summed E-state index contributed by atoms with van der Waals surface area (Å²) in [5.41, 5.74) is 4.28. The Hall–Kier alpha value is -2.57. The van der Waals surface area contributed by atoms with Crippen LogP contribution in [0.2, 0.25) is 0 Å². The monoisotopic (exact) mass is 409 g/mol. The molecule has 0 spiro atoms. The van der Waals surface area contributed by atoms with Crippen LogP contribution in [0.3, 0.4) is 0 Å². The first-order chi connectivity index (χ1) is 14.5. The van der Waals surface area contributed by atoms with E-state index < -0.39 is 6.10 Å². The van der Waals surface area contributed by atoms with E-state index in [0.29, 0.717) is 6.54 Å². The van der Waals surface area contributed by atoms with Gasteiger partial charge in [-0.15, -0.1) is 0 Å². The average molecular weight is 410 g/mol. The van der Waals surface area contributed by atoms with Gasteiger partial charge in [0.15, 0.2) is 0 Å². The number of amides is 1. The van der Waals surface area contributed by atoms with E-state index in [-0.39, 0.29) is 5.91 Å². The molecule has 6 heteroatoms. The molecule has 2 aromatic carbocycles. The highest BCUT2D eigenvalue weighted by atomic mass is 16.5. The molecule has 1 amide bonds. The molecule has 4 rings (SSSR count). The molecule has 0 bridgehead atoms. The Morgan fingerprint density at radius 1 is 1.10 bits per heavy atom. The maximum atomic E-state index is 11.9. The van der Waals surface area contributed by atoms with Crippen LogP contribution >= 0.6 is 0 Å². The summed E-state index contributed by atoms with van der Waals surface area (Å²) in [5, 5.41) is 10.8. The number of anilines is 2. The molecule has 2 aromatic rings. The molecule has 1 saturated heterocycles. The summed E-state index contributed by atoms with van der Waals surface area (Å²) in [6.45, 7) is 6.70. The Labute approximate surface area is 178 Å². The lowest BCUT2D eigenvalue weighted by Crippen LogP contribution is -2.47. The van der Waals surface area contributed by atoms with E-state index in [2.05, 4.69) is 28.0 Å².